The first-order valence-electron chi connectivity index (χ1n) is 9.87. The highest BCUT2D eigenvalue weighted by atomic mass is 32.2. The van der Waals surface area contributed by atoms with E-state index in [0.29, 0.717) is 18.5 Å². The van der Waals surface area contributed by atoms with Crippen LogP contribution in [0.15, 0.2) is 81.2 Å². The Morgan fingerprint density at radius 1 is 0.871 bits per heavy atom. The van der Waals surface area contributed by atoms with E-state index in [2.05, 4.69) is 34.2 Å². The molecule has 2 N–H and O–H groups in total. The second kappa shape index (κ2) is 7.33. The maximum atomic E-state index is 13.2. The van der Waals surface area contributed by atoms with Gasteiger partial charge in [0.15, 0.2) is 0 Å². The molecule has 0 saturated carbocycles. The second-order valence-corrected chi connectivity index (χ2v) is 9.42. The van der Waals surface area contributed by atoms with E-state index in [4.69, 9.17) is 0 Å². The van der Waals surface area contributed by atoms with Crippen molar-refractivity contribution in [3.8, 4) is 0 Å². The molecule has 1 aliphatic heterocycles. The smallest absolute Gasteiger partial charge is 0.307 e. The largest absolute Gasteiger partial charge is 0.326 e. The van der Waals surface area contributed by atoms with Crippen LogP contribution in [-0.4, -0.2) is 35.8 Å². The fourth-order valence-corrected chi connectivity index (χ4v) is 5.48. The molecule has 0 unspecified atom stereocenters. The van der Waals surface area contributed by atoms with Crippen molar-refractivity contribution in [2.75, 3.05) is 13.1 Å². The number of hydrogen-bond donors (Lipinski definition) is 2. The molecule has 3 aromatic carbocycles. The number of nitrogens with one attached hydrogen (secondary N) is 2. The molecular formula is C23H19N3O4S. The zero-order valence-electron chi connectivity index (χ0n) is 16.5. The Morgan fingerprint density at radius 3 is 2.48 bits per heavy atom. The number of benzene rings is 3. The van der Waals surface area contributed by atoms with E-state index >= 15 is 0 Å². The summed E-state index contributed by atoms with van der Waals surface area (Å²) in [7, 11) is -3.78. The van der Waals surface area contributed by atoms with Crippen LogP contribution in [0.2, 0.25) is 0 Å². The molecule has 1 aromatic heterocycles. The fourth-order valence-electron chi connectivity index (χ4n) is 4.07. The molecule has 8 heteroatoms. The van der Waals surface area contributed by atoms with E-state index in [1.807, 2.05) is 24.3 Å². The third-order valence-electron chi connectivity index (χ3n) is 5.66. The highest BCUT2D eigenvalue weighted by Gasteiger charge is 2.27. The van der Waals surface area contributed by atoms with Gasteiger partial charge in [0.25, 0.3) is 5.56 Å². The summed E-state index contributed by atoms with van der Waals surface area (Å²) in [5.41, 5.74) is 1.29. The van der Waals surface area contributed by atoms with Crippen LogP contribution in [0, 0.1) is 0 Å². The van der Waals surface area contributed by atoms with Gasteiger partial charge in [-0.1, -0.05) is 48.5 Å². The lowest BCUT2D eigenvalue weighted by molar-refractivity contribution is 0.441. The lowest BCUT2D eigenvalue weighted by Gasteiger charge is -2.26. The maximum absolute atomic E-state index is 13.2. The van der Waals surface area contributed by atoms with Gasteiger partial charge in [-0.05, 0) is 46.5 Å². The van der Waals surface area contributed by atoms with Crippen LogP contribution in [0.25, 0.3) is 27.2 Å². The number of rotatable bonds is 3. The monoisotopic (exact) mass is 433 g/mol. The molecule has 0 bridgehead atoms. The summed E-state index contributed by atoms with van der Waals surface area (Å²) in [5.74, 6) is 0. The van der Waals surface area contributed by atoms with Gasteiger partial charge in [0.1, 0.15) is 0 Å². The summed E-state index contributed by atoms with van der Waals surface area (Å²) in [4.78, 5) is 28.1. The number of fused-ring (bicyclic) bond motifs is 2. The molecule has 0 radical (unpaired) electrons. The first-order chi connectivity index (χ1) is 14.9. The molecule has 0 spiro atoms. The van der Waals surface area contributed by atoms with Gasteiger partial charge >= 0.3 is 5.69 Å². The van der Waals surface area contributed by atoms with Crippen molar-refractivity contribution in [1.82, 2.24) is 14.3 Å². The van der Waals surface area contributed by atoms with Gasteiger partial charge in [0.2, 0.25) is 10.0 Å². The van der Waals surface area contributed by atoms with Gasteiger partial charge in [0.05, 0.1) is 15.8 Å². The standard InChI is InChI=1S/C23H19N3O4S/c27-22-20-14-17(8-9-21(20)24-23(28)25-22)31(29,30)26-12-10-16(11-13-26)19-7-3-5-15-4-1-2-6-18(15)19/h1-10,14H,11-13H2,(H2,24,25,27,28). The molecule has 7 nitrogen and oxygen atoms in total. The Labute approximate surface area is 177 Å². The molecular weight excluding hydrogens is 414 g/mol. The average Bonchev–Trinajstić information content (AvgIpc) is 2.78. The van der Waals surface area contributed by atoms with Crippen LogP contribution < -0.4 is 11.2 Å². The molecule has 0 atom stereocenters. The average molecular weight is 433 g/mol. The zero-order chi connectivity index (χ0) is 21.6. The van der Waals surface area contributed by atoms with Crippen molar-refractivity contribution >= 4 is 37.3 Å². The minimum Gasteiger partial charge on any atom is -0.307 e. The SMILES string of the molecule is O=c1[nH]c(=O)c2cc(S(=O)(=O)N3CC=C(c4cccc5ccccc45)CC3)ccc2[nH]1. The number of hydrogen-bond acceptors (Lipinski definition) is 4. The second-order valence-electron chi connectivity index (χ2n) is 7.48. The summed E-state index contributed by atoms with van der Waals surface area (Å²) in [6.07, 6.45) is 2.54. The lowest BCUT2D eigenvalue weighted by atomic mass is 9.95. The Kier molecular flexibility index (Phi) is 4.60. The molecule has 0 aliphatic carbocycles. The van der Waals surface area contributed by atoms with Crippen LogP contribution in [0.1, 0.15) is 12.0 Å². The predicted molar refractivity (Wildman–Crippen MR) is 120 cm³/mol. The van der Waals surface area contributed by atoms with Crippen molar-refractivity contribution in [1.29, 1.82) is 0 Å². The Balaban J connectivity index is 1.48. The van der Waals surface area contributed by atoms with E-state index in [1.54, 1.807) is 0 Å². The molecule has 4 aromatic rings. The molecule has 0 amide bonds. The van der Waals surface area contributed by atoms with Gasteiger partial charge < -0.3 is 4.98 Å². The number of aromatic amines is 2. The van der Waals surface area contributed by atoms with Crippen LogP contribution in [0.3, 0.4) is 0 Å². The Hall–Kier alpha value is -3.49. The van der Waals surface area contributed by atoms with Crippen LogP contribution >= 0.6 is 0 Å². The maximum Gasteiger partial charge on any atom is 0.326 e. The van der Waals surface area contributed by atoms with Crippen molar-refractivity contribution in [2.45, 2.75) is 11.3 Å². The Morgan fingerprint density at radius 2 is 1.68 bits per heavy atom. The van der Waals surface area contributed by atoms with Crippen LogP contribution in [0.4, 0.5) is 0 Å². The van der Waals surface area contributed by atoms with Crippen LogP contribution in [0.5, 0.6) is 0 Å². The van der Waals surface area contributed by atoms with Crippen molar-refractivity contribution in [3.05, 3.63) is 93.1 Å². The van der Waals surface area contributed by atoms with E-state index in [-0.39, 0.29) is 16.8 Å². The molecule has 2 heterocycles. The summed E-state index contributed by atoms with van der Waals surface area (Å²) in [5, 5.41) is 2.43. The normalized spacial score (nSPS) is 15.3. The summed E-state index contributed by atoms with van der Waals surface area (Å²) < 4.78 is 27.8. The van der Waals surface area contributed by atoms with Gasteiger partial charge in [-0.2, -0.15) is 4.31 Å². The first-order valence-corrected chi connectivity index (χ1v) is 11.3. The van der Waals surface area contributed by atoms with Gasteiger partial charge in [0, 0.05) is 13.1 Å². The topological polar surface area (TPSA) is 103 Å². The van der Waals surface area contributed by atoms with E-state index in [1.165, 1.54) is 22.5 Å². The fraction of sp³-hybridized carbons (Fsp3) is 0.130. The lowest BCUT2D eigenvalue weighted by Crippen LogP contribution is -2.34. The zero-order valence-corrected chi connectivity index (χ0v) is 17.3. The van der Waals surface area contributed by atoms with Crippen LogP contribution in [-0.2, 0) is 10.0 Å². The number of aromatic nitrogens is 2. The molecule has 156 valence electrons. The third-order valence-corrected chi connectivity index (χ3v) is 7.52. The highest BCUT2D eigenvalue weighted by Crippen LogP contribution is 2.31. The molecule has 1 aliphatic rings. The van der Waals surface area contributed by atoms with E-state index < -0.39 is 21.3 Å². The van der Waals surface area contributed by atoms with Crippen molar-refractivity contribution in [3.63, 3.8) is 0 Å². The highest BCUT2D eigenvalue weighted by molar-refractivity contribution is 7.89. The minimum absolute atomic E-state index is 0.0274. The van der Waals surface area contributed by atoms with Gasteiger partial charge in [-0.25, -0.2) is 13.2 Å². The van der Waals surface area contributed by atoms with Gasteiger partial charge in [-0.3, -0.25) is 9.78 Å². The number of nitrogens with zero attached hydrogens (tertiary/aromatic N) is 1. The van der Waals surface area contributed by atoms with Gasteiger partial charge in [-0.15, -0.1) is 0 Å². The molecule has 31 heavy (non-hydrogen) atoms. The summed E-state index contributed by atoms with van der Waals surface area (Å²) in [6, 6.07) is 18.4. The minimum atomic E-state index is -3.78. The van der Waals surface area contributed by atoms with Crippen molar-refractivity contribution in [2.24, 2.45) is 0 Å². The summed E-state index contributed by atoms with van der Waals surface area (Å²) >= 11 is 0. The predicted octanol–water partition coefficient (Wildman–Crippen LogP) is 2.85. The van der Waals surface area contributed by atoms with E-state index in [0.717, 1.165) is 21.9 Å². The first kappa shape index (κ1) is 19.5. The molecule has 0 fully saturated rings. The van der Waals surface area contributed by atoms with Crippen molar-refractivity contribution < 1.29 is 8.42 Å². The summed E-state index contributed by atoms with van der Waals surface area (Å²) in [6.45, 7) is 0.596. The molecule has 5 rings (SSSR count). The molecule has 0 saturated heterocycles. The number of H-pyrrole nitrogens is 2. The third kappa shape index (κ3) is 3.39. The Bertz CT molecular complexity index is 1580. The van der Waals surface area contributed by atoms with E-state index in [9.17, 15) is 18.0 Å². The number of sulfonamides is 1. The quantitative estimate of drug-likeness (QED) is 0.519.